The number of benzene rings is 3. The first-order chi connectivity index (χ1) is 37.2. The fraction of sp³-hybridized carbons (Fsp3) is 0.466. The number of pyridine rings is 2. The van der Waals surface area contributed by atoms with Gasteiger partial charge in [0.1, 0.15) is 59.1 Å². The van der Waals surface area contributed by atoms with Crippen LogP contribution in [0.3, 0.4) is 0 Å². The van der Waals surface area contributed by atoms with E-state index in [0.29, 0.717) is 56.3 Å². The second-order valence-corrected chi connectivity index (χ2v) is 21.5. The van der Waals surface area contributed by atoms with Gasteiger partial charge in [-0.05, 0) is 137 Å². The van der Waals surface area contributed by atoms with Gasteiger partial charge in [-0.25, -0.2) is 23.4 Å². The van der Waals surface area contributed by atoms with Gasteiger partial charge in [0.2, 0.25) is 5.88 Å². The molecule has 5 aliphatic rings. The predicted octanol–water partition coefficient (Wildman–Crippen LogP) is 12.0. The van der Waals surface area contributed by atoms with Gasteiger partial charge in [0.25, 0.3) is 0 Å². The van der Waals surface area contributed by atoms with Crippen molar-refractivity contribution < 1.29 is 45.6 Å². The number of nitrogens with zero attached hydrogens (tertiary/aromatic N) is 9. The number of anilines is 2. The number of fused-ring (bicyclic) bond motifs is 2. The fourth-order valence-corrected chi connectivity index (χ4v) is 12.4. The van der Waals surface area contributed by atoms with Crippen molar-refractivity contribution in [3.8, 4) is 34.6 Å². The van der Waals surface area contributed by atoms with Crippen molar-refractivity contribution in [1.29, 1.82) is 0 Å². The predicted molar refractivity (Wildman–Crippen MR) is 281 cm³/mol. The fourth-order valence-electron chi connectivity index (χ4n) is 12.4. The summed E-state index contributed by atoms with van der Waals surface area (Å²) in [5, 5.41) is 4.68. The van der Waals surface area contributed by atoms with Gasteiger partial charge in [-0.3, -0.25) is 4.90 Å². The number of aryl methyl sites for hydroxylation is 1. The number of halogens is 5. The summed E-state index contributed by atoms with van der Waals surface area (Å²) in [7, 11) is 3.27. The summed E-state index contributed by atoms with van der Waals surface area (Å²) < 4.78 is 112. The van der Waals surface area contributed by atoms with E-state index in [1.54, 1.807) is 18.9 Å². The standard InChI is InChI=1S/C58H62F5N9O5/c1-33-23-45-44(27-65-72(45)46-9-6-7-22-75-46)47(49(33)58(61,62)63)51-50(60)52-48-54(68-56(67-52)77-32-57-20-8-21-70(57)30-40(59)25-57)71(34(2)31-76-55(48)66-51)35(3)43-24-39(38-14-15-38)26-64-53(43)69(28-36-10-16-41(73-4)17-11-36)29-37-12-18-42(74-5)19-13-37/h10-13,16-19,23-24,26-27,34-35,38,40,46H,6-9,14-15,20-22,25,28-32H2,1-5H3/t34-,35+,40+,46?,57-/m0/s1. The average Bonchev–Trinajstić information content (AvgIpc) is 4.11. The van der Waals surface area contributed by atoms with E-state index in [4.69, 9.17) is 43.6 Å². The summed E-state index contributed by atoms with van der Waals surface area (Å²) in [6, 6.07) is 18.2. The van der Waals surface area contributed by atoms with Crippen molar-refractivity contribution in [1.82, 2.24) is 34.6 Å². The van der Waals surface area contributed by atoms with E-state index in [9.17, 15) is 0 Å². The first-order valence-electron chi connectivity index (χ1n) is 26.7. The summed E-state index contributed by atoms with van der Waals surface area (Å²) in [6.07, 6.45) is 2.96. The van der Waals surface area contributed by atoms with Crippen molar-refractivity contribution in [2.45, 2.75) is 127 Å². The third-order valence-electron chi connectivity index (χ3n) is 16.4. The zero-order valence-corrected chi connectivity index (χ0v) is 43.9. The molecule has 3 aromatic carbocycles. The van der Waals surface area contributed by atoms with E-state index in [1.165, 1.54) is 19.2 Å². The number of ether oxygens (including phenoxy) is 5. The molecule has 0 bridgehead atoms. The van der Waals surface area contributed by atoms with Crippen LogP contribution in [-0.2, 0) is 24.0 Å². The Kier molecular flexibility index (Phi) is 13.3. The zero-order chi connectivity index (χ0) is 53.3. The van der Waals surface area contributed by atoms with Gasteiger partial charge in [0, 0.05) is 55.4 Å². The van der Waals surface area contributed by atoms with E-state index in [-0.39, 0.29) is 65.7 Å². The molecule has 0 spiro atoms. The van der Waals surface area contributed by atoms with Gasteiger partial charge in [-0.1, -0.05) is 24.3 Å². The molecule has 5 atom stereocenters. The topological polar surface area (TPSA) is 125 Å². The SMILES string of the molecule is COc1ccc(CN(Cc2ccc(OC)cc2)c2ncc(C3CC3)cc2[C@@H](C)N2c3nc(OC[C@@]45CCCN4C[C@H](F)C5)nc4c(F)c(-c5c(C(F)(F)F)c(C)cc6c5cnn6C5CCCCO5)nc(c34)OC[C@@H]2C)cc1. The molecule has 12 rings (SSSR count). The van der Waals surface area contributed by atoms with Crippen molar-refractivity contribution >= 4 is 33.4 Å². The van der Waals surface area contributed by atoms with E-state index in [0.717, 1.165) is 65.9 Å². The maximum Gasteiger partial charge on any atom is 0.417 e. The number of rotatable bonds is 15. The molecule has 0 radical (unpaired) electrons. The Hall–Kier alpha value is -6.86. The van der Waals surface area contributed by atoms with Crippen LogP contribution in [-0.4, -0.2) is 99.5 Å². The zero-order valence-electron chi connectivity index (χ0n) is 43.9. The largest absolute Gasteiger partial charge is 0.497 e. The summed E-state index contributed by atoms with van der Waals surface area (Å²) in [5.41, 5.74) is 1.10. The van der Waals surface area contributed by atoms with Crippen molar-refractivity contribution in [3.63, 3.8) is 0 Å². The van der Waals surface area contributed by atoms with Crippen molar-refractivity contribution in [3.05, 3.63) is 112 Å². The number of hydrogen-bond acceptors (Lipinski definition) is 13. The molecule has 7 aromatic rings. The minimum Gasteiger partial charge on any atom is -0.497 e. The highest BCUT2D eigenvalue weighted by molar-refractivity contribution is 6.02. The van der Waals surface area contributed by atoms with Crippen LogP contribution >= 0.6 is 0 Å². The molecule has 19 heteroatoms. The van der Waals surface area contributed by atoms with E-state index < -0.39 is 58.8 Å². The minimum absolute atomic E-state index is 0.0151. The van der Waals surface area contributed by atoms with Gasteiger partial charge in [0.05, 0.1) is 49.1 Å². The molecule has 404 valence electrons. The molecule has 77 heavy (non-hydrogen) atoms. The van der Waals surface area contributed by atoms with Gasteiger partial charge >= 0.3 is 12.2 Å². The summed E-state index contributed by atoms with van der Waals surface area (Å²) in [5.74, 6) is 1.48. The second-order valence-electron chi connectivity index (χ2n) is 21.5. The lowest BCUT2D eigenvalue weighted by atomic mass is 9.94. The van der Waals surface area contributed by atoms with Gasteiger partial charge in [-0.2, -0.15) is 28.2 Å². The summed E-state index contributed by atoms with van der Waals surface area (Å²) in [6.45, 7) is 7.78. The number of aromatic nitrogens is 6. The Morgan fingerprint density at radius 1 is 0.909 bits per heavy atom. The molecule has 0 amide bonds. The maximum absolute atomic E-state index is 18.4. The van der Waals surface area contributed by atoms with Gasteiger partial charge in [-0.15, -0.1) is 0 Å². The highest BCUT2D eigenvalue weighted by Crippen LogP contribution is 2.50. The first-order valence-corrected chi connectivity index (χ1v) is 26.7. The number of hydrogen-bond donors (Lipinski definition) is 0. The molecule has 8 heterocycles. The molecule has 1 saturated carbocycles. The molecule has 4 aromatic heterocycles. The second kappa shape index (κ2) is 20.2. The Morgan fingerprint density at radius 3 is 2.30 bits per heavy atom. The summed E-state index contributed by atoms with van der Waals surface area (Å²) >= 11 is 0. The number of methoxy groups -OCH3 is 2. The number of alkyl halides is 4. The Balaban J connectivity index is 1.04. The van der Waals surface area contributed by atoms with Crippen molar-refractivity contribution in [2.24, 2.45) is 0 Å². The molecule has 0 N–H and O–H groups in total. The first kappa shape index (κ1) is 50.9. The average molecular weight is 1060 g/mol. The third kappa shape index (κ3) is 9.50. The molecular formula is C58H62F5N9O5. The lowest BCUT2D eigenvalue weighted by molar-refractivity contribution is -0.137. The van der Waals surface area contributed by atoms with Crippen LogP contribution in [0.15, 0.2) is 73.1 Å². The van der Waals surface area contributed by atoms with Crippen LogP contribution in [0, 0.1) is 12.7 Å². The minimum atomic E-state index is -4.93. The highest BCUT2D eigenvalue weighted by Gasteiger charge is 2.50. The molecule has 14 nitrogen and oxygen atoms in total. The van der Waals surface area contributed by atoms with Crippen LogP contribution in [0.1, 0.15) is 117 Å². The van der Waals surface area contributed by atoms with Gasteiger partial charge in [0.15, 0.2) is 12.0 Å². The van der Waals surface area contributed by atoms with Crippen LogP contribution in [0.2, 0.25) is 0 Å². The monoisotopic (exact) mass is 1060 g/mol. The quantitative estimate of drug-likeness (QED) is 0.0906. The molecule has 1 unspecified atom stereocenters. The maximum atomic E-state index is 18.4. The van der Waals surface area contributed by atoms with E-state index in [2.05, 4.69) is 21.0 Å². The Bertz CT molecular complexity index is 3280. The van der Waals surface area contributed by atoms with Crippen LogP contribution < -0.4 is 28.7 Å². The molecular weight excluding hydrogens is 998 g/mol. The van der Waals surface area contributed by atoms with Crippen LogP contribution in [0.4, 0.5) is 33.6 Å². The lowest BCUT2D eigenvalue weighted by Crippen LogP contribution is -2.43. The van der Waals surface area contributed by atoms with E-state index in [1.807, 2.05) is 73.5 Å². The van der Waals surface area contributed by atoms with E-state index >= 15 is 22.0 Å². The molecule has 3 saturated heterocycles. The van der Waals surface area contributed by atoms with Crippen LogP contribution in [0.5, 0.6) is 23.4 Å². The molecule has 4 fully saturated rings. The molecule has 1 aliphatic carbocycles. The van der Waals surface area contributed by atoms with Gasteiger partial charge < -0.3 is 33.5 Å². The Morgan fingerprint density at radius 2 is 1.64 bits per heavy atom. The van der Waals surface area contributed by atoms with Crippen molar-refractivity contribution in [2.75, 3.05) is 56.9 Å². The lowest BCUT2D eigenvalue weighted by Gasteiger charge is -2.37. The smallest absolute Gasteiger partial charge is 0.417 e. The Labute approximate surface area is 443 Å². The third-order valence-corrected chi connectivity index (χ3v) is 16.4. The molecule has 4 aliphatic heterocycles. The van der Waals surface area contributed by atoms with Crippen LogP contribution in [0.25, 0.3) is 33.1 Å². The normalized spacial score (nSPS) is 22.0. The highest BCUT2D eigenvalue weighted by atomic mass is 19.4. The summed E-state index contributed by atoms with van der Waals surface area (Å²) in [4.78, 5) is 26.3.